The lowest BCUT2D eigenvalue weighted by molar-refractivity contribution is -0.136. The first-order valence-corrected chi connectivity index (χ1v) is 9.91. The molecule has 3 aliphatic heterocycles. The Kier molecular flexibility index (Phi) is 5.56. The normalized spacial score (nSPS) is 25.9. The van der Waals surface area contributed by atoms with E-state index in [0.29, 0.717) is 19.8 Å². The third-order valence-corrected chi connectivity index (χ3v) is 6.44. The van der Waals surface area contributed by atoms with Crippen molar-refractivity contribution < 1.29 is 14.6 Å². The zero-order chi connectivity index (χ0) is 18.7. The number of hydrogen-bond donors (Lipinski definition) is 1. The molecule has 1 unspecified atom stereocenters. The van der Waals surface area contributed by atoms with Crippen LogP contribution in [0.15, 0.2) is 18.5 Å². The number of piperidine rings is 1. The second kappa shape index (κ2) is 8.08. The van der Waals surface area contributed by atoms with Crippen LogP contribution in [0.5, 0.6) is 0 Å². The van der Waals surface area contributed by atoms with E-state index >= 15 is 0 Å². The van der Waals surface area contributed by atoms with Gasteiger partial charge in [-0.25, -0.2) is 9.97 Å². The van der Waals surface area contributed by atoms with Gasteiger partial charge in [-0.05, 0) is 24.3 Å². The largest absolute Gasteiger partial charge is 0.396 e. The summed E-state index contributed by atoms with van der Waals surface area (Å²) in [6.07, 6.45) is 5.37. The first-order chi connectivity index (χ1) is 13.2. The number of carbonyl (C=O) groups is 1. The van der Waals surface area contributed by atoms with E-state index in [9.17, 15) is 9.90 Å². The van der Waals surface area contributed by atoms with Crippen LogP contribution in [0.1, 0.15) is 12.8 Å². The maximum absolute atomic E-state index is 12.7. The van der Waals surface area contributed by atoms with E-state index in [0.717, 1.165) is 58.1 Å². The molecule has 27 heavy (non-hydrogen) atoms. The van der Waals surface area contributed by atoms with E-state index in [2.05, 4.69) is 19.8 Å². The summed E-state index contributed by atoms with van der Waals surface area (Å²) in [5, 5.41) is 9.97. The molecule has 0 aromatic carbocycles. The lowest BCUT2D eigenvalue weighted by Gasteiger charge is -2.42. The number of aromatic nitrogens is 2. The highest BCUT2D eigenvalue weighted by Crippen LogP contribution is 2.45. The van der Waals surface area contributed by atoms with Gasteiger partial charge in [0.25, 0.3) is 0 Å². The number of aliphatic hydroxyl groups excluding tert-OH is 1. The van der Waals surface area contributed by atoms with Crippen molar-refractivity contribution in [1.29, 1.82) is 0 Å². The molecule has 1 atom stereocenters. The Morgan fingerprint density at radius 3 is 2.56 bits per heavy atom. The van der Waals surface area contributed by atoms with Crippen LogP contribution in [0, 0.1) is 11.3 Å². The molecule has 3 aliphatic rings. The molecule has 148 valence electrons. The van der Waals surface area contributed by atoms with Gasteiger partial charge in [0.15, 0.2) is 0 Å². The zero-order valence-electron chi connectivity index (χ0n) is 15.8. The monoisotopic (exact) mass is 375 g/mol. The van der Waals surface area contributed by atoms with Crippen molar-refractivity contribution in [3.8, 4) is 0 Å². The van der Waals surface area contributed by atoms with Crippen LogP contribution >= 0.6 is 0 Å². The maximum atomic E-state index is 12.7. The summed E-state index contributed by atoms with van der Waals surface area (Å²) >= 11 is 0. The molecule has 3 saturated heterocycles. The highest BCUT2D eigenvalue weighted by Gasteiger charge is 2.48. The van der Waals surface area contributed by atoms with Crippen molar-refractivity contribution in [3.05, 3.63) is 18.5 Å². The third-order valence-electron chi connectivity index (χ3n) is 6.44. The second-order valence-electron chi connectivity index (χ2n) is 7.94. The first kappa shape index (κ1) is 18.6. The molecule has 8 nitrogen and oxygen atoms in total. The van der Waals surface area contributed by atoms with Gasteiger partial charge in [-0.3, -0.25) is 9.69 Å². The molecule has 4 rings (SSSR count). The van der Waals surface area contributed by atoms with Crippen molar-refractivity contribution in [2.45, 2.75) is 12.8 Å². The van der Waals surface area contributed by atoms with Crippen molar-refractivity contribution in [2.24, 2.45) is 11.3 Å². The number of carbonyl (C=O) groups excluding carboxylic acids is 1. The molecule has 0 saturated carbocycles. The van der Waals surface area contributed by atoms with Crippen LogP contribution in [-0.2, 0) is 9.53 Å². The summed E-state index contributed by atoms with van der Waals surface area (Å²) in [7, 11) is 0. The van der Waals surface area contributed by atoms with E-state index in [1.54, 1.807) is 12.4 Å². The second-order valence-corrected chi connectivity index (χ2v) is 7.94. The summed E-state index contributed by atoms with van der Waals surface area (Å²) in [6.45, 7) is 6.93. The standard InChI is InChI=1S/C19H29N5O3/c25-14-16-12-24(18-20-4-1-5-21-18)15-19(16)2-6-23(7-3-19)17(26)13-22-8-10-27-11-9-22/h1,4-5,16,25H,2-3,6-15H2. The number of hydrogen-bond acceptors (Lipinski definition) is 7. The fourth-order valence-corrected chi connectivity index (χ4v) is 4.71. The molecule has 3 fully saturated rings. The topological polar surface area (TPSA) is 82.0 Å². The summed E-state index contributed by atoms with van der Waals surface area (Å²) in [4.78, 5) is 27.8. The molecule has 0 bridgehead atoms. The van der Waals surface area contributed by atoms with E-state index < -0.39 is 0 Å². The van der Waals surface area contributed by atoms with Crippen molar-refractivity contribution in [2.75, 3.05) is 70.5 Å². The first-order valence-electron chi connectivity index (χ1n) is 9.91. The number of anilines is 1. The third kappa shape index (κ3) is 3.93. The zero-order valence-corrected chi connectivity index (χ0v) is 15.8. The van der Waals surface area contributed by atoms with Crippen LogP contribution < -0.4 is 4.90 Å². The van der Waals surface area contributed by atoms with E-state index in [1.807, 2.05) is 11.0 Å². The maximum Gasteiger partial charge on any atom is 0.236 e. The van der Waals surface area contributed by atoms with Crippen LogP contribution in [-0.4, -0.2) is 96.4 Å². The Morgan fingerprint density at radius 2 is 1.89 bits per heavy atom. The molecule has 1 aromatic rings. The molecule has 8 heteroatoms. The summed E-state index contributed by atoms with van der Waals surface area (Å²) in [5.41, 5.74) is 0.0453. The molecule has 0 radical (unpaired) electrons. The van der Waals surface area contributed by atoms with Gasteiger partial charge in [0.2, 0.25) is 11.9 Å². The van der Waals surface area contributed by atoms with Crippen molar-refractivity contribution >= 4 is 11.9 Å². The lowest BCUT2D eigenvalue weighted by Crippen LogP contribution is -2.50. The van der Waals surface area contributed by atoms with Gasteiger partial charge in [-0.15, -0.1) is 0 Å². The van der Waals surface area contributed by atoms with Crippen LogP contribution in [0.25, 0.3) is 0 Å². The van der Waals surface area contributed by atoms with Gasteiger partial charge < -0.3 is 19.6 Å². The summed E-state index contributed by atoms with van der Waals surface area (Å²) in [5.74, 6) is 1.16. The fraction of sp³-hybridized carbons (Fsp3) is 0.737. The average molecular weight is 375 g/mol. The van der Waals surface area contributed by atoms with Gasteiger partial charge in [-0.2, -0.15) is 0 Å². The predicted molar refractivity (Wildman–Crippen MR) is 100 cm³/mol. The minimum atomic E-state index is 0.0453. The highest BCUT2D eigenvalue weighted by atomic mass is 16.5. The number of rotatable bonds is 4. The van der Waals surface area contributed by atoms with Crippen LogP contribution in [0.3, 0.4) is 0 Å². The molecule has 0 aliphatic carbocycles. The molecule has 1 N–H and O–H groups in total. The smallest absolute Gasteiger partial charge is 0.236 e. The Hall–Kier alpha value is -1.77. The van der Waals surface area contributed by atoms with E-state index in [4.69, 9.17) is 4.74 Å². The van der Waals surface area contributed by atoms with Gasteiger partial charge in [0.05, 0.1) is 19.8 Å². The van der Waals surface area contributed by atoms with Gasteiger partial charge >= 0.3 is 0 Å². The number of aliphatic hydroxyl groups is 1. The number of morpholine rings is 1. The molecule has 1 amide bonds. The summed E-state index contributed by atoms with van der Waals surface area (Å²) in [6, 6.07) is 1.82. The van der Waals surface area contributed by atoms with E-state index in [-0.39, 0.29) is 23.8 Å². The quantitative estimate of drug-likeness (QED) is 0.783. The van der Waals surface area contributed by atoms with Crippen LogP contribution in [0.4, 0.5) is 5.95 Å². The van der Waals surface area contributed by atoms with Gasteiger partial charge in [0, 0.05) is 64.2 Å². The lowest BCUT2D eigenvalue weighted by atomic mass is 9.71. The van der Waals surface area contributed by atoms with Gasteiger partial charge in [0.1, 0.15) is 0 Å². The SMILES string of the molecule is O=C(CN1CCOCC1)N1CCC2(CC1)CN(c1ncccn1)CC2CO. The fourth-order valence-electron chi connectivity index (χ4n) is 4.71. The Bertz CT molecular complexity index is 629. The number of amides is 1. The average Bonchev–Trinajstić information content (AvgIpc) is 3.08. The van der Waals surface area contributed by atoms with E-state index in [1.165, 1.54) is 0 Å². The minimum absolute atomic E-state index is 0.0453. The molecule has 1 spiro atoms. The summed E-state index contributed by atoms with van der Waals surface area (Å²) < 4.78 is 5.36. The van der Waals surface area contributed by atoms with Gasteiger partial charge in [-0.1, -0.05) is 0 Å². The molecular weight excluding hydrogens is 346 g/mol. The molecular formula is C19H29N5O3. The number of likely N-dealkylation sites (tertiary alicyclic amines) is 1. The number of nitrogens with zero attached hydrogens (tertiary/aromatic N) is 5. The Morgan fingerprint density at radius 1 is 1.19 bits per heavy atom. The Balaban J connectivity index is 1.36. The minimum Gasteiger partial charge on any atom is -0.396 e. The highest BCUT2D eigenvalue weighted by molar-refractivity contribution is 5.78. The Labute approximate surface area is 160 Å². The molecule has 1 aromatic heterocycles. The number of ether oxygens (including phenoxy) is 1. The van der Waals surface area contributed by atoms with Crippen molar-refractivity contribution in [1.82, 2.24) is 19.8 Å². The molecule has 4 heterocycles. The van der Waals surface area contributed by atoms with Crippen molar-refractivity contribution in [3.63, 3.8) is 0 Å². The predicted octanol–water partition coefficient (Wildman–Crippen LogP) is -0.154. The van der Waals surface area contributed by atoms with Crippen LogP contribution in [0.2, 0.25) is 0 Å².